The van der Waals surface area contributed by atoms with E-state index < -0.39 is 12.1 Å². The monoisotopic (exact) mass is 430 g/mol. The number of nitrogens with one attached hydrogen (secondary N) is 1. The van der Waals surface area contributed by atoms with Gasteiger partial charge in [-0.25, -0.2) is 4.79 Å². The number of anilines is 1. The smallest absolute Gasteiger partial charge is 0.410 e. The molecule has 0 bridgehead atoms. The lowest BCUT2D eigenvalue weighted by atomic mass is 10.2. The molecule has 1 fully saturated rings. The molecule has 0 aromatic heterocycles. The van der Waals surface area contributed by atoms with E-state index in [4.69, 9.17) is 9.47 Å². The van der Waals surface area contributed by atoms with E-state index in [9.17, 15) is 9.59 Å². The maximum atomic E-state index is 12.8. The molecule has 164 valence electrons. The Labute approximate surface area is 187 Å². The summed E-state index contributed by atoms with van der Waals surface area (Å²) < 4.78 is 11.2. The van der Waals surface area contributed by atoms with Gasteiger partial charge in [-0.2, -0.15) is 0 Å². The molecule has 1 saturated heterocycles. The van der Waals surface area contributed by atoms with Crippen molar-refractivity contribution >= 4 is 17.7 Å². The first-order valence-corrected chi connectivity index (χ1v) is 10.7. The van der Waals surface area contributed by atoms with Gasteiger partial charge in [0.25, 0.3) is 0 Å². The molecule has 0 aliphatic carbocycles. The van der Waals surface area contributed by atoms with Gasteiger partial charge in [-0.3, -0.25) is 9.69 Å². The van der Waals surface area contributed by atoms with Gasteiger partial charge < -0.3 is 14.8 Å². The molecule has 1 atom stereocenters. The van der Waals surface area contributed by atoms with Crippen LogP contribution >= 0.6 is 0 Å². The summed E-state index contributed by atoms with van der Waals surface area (Å²) in [6.07, 6.45) is 0.922. The number of amides is 2. The third-order valence-corrected chi connectivity index (χ3v) is 5.37. The lowest BCUT2D eigenvalue weighted by Crippen LogP contribution is -2.43. The highest BCUT2D eigenvalue weighted by Crippen LogP contribution is 2.22. The van der Waals surface area contributed by atoms with Crippen LogP contribution in [0.3, 0.4) is 0 Å². The number of rotatable bonds is 7. The van der Waals surface area contributed by atoms with Crippen molar-refractivity contribution in [3.05, 3.63) is 96.1 Å². The second-order valence-electron chi connectivity index (χ2n) is 7.68. The van der Waals surface area contributed by atoms with Gasteiger partial charge in [0.15, 0.2) is 0 Å². The SMILES string of the molecule is O=C(Nc1ccc(OCc2ccccc2)cc1)C1CCCN1C(=O)OCc1ccccc1. The second kappa shape index (κ2) is 10.5. The Balaban J connectivity index is 1.29. The van der Waals surface area contributed by atoms with Gasteiger partial charge in [-0.1, -0.05) is 60.7 Å². The molecule has 1 unspecified atom stereocenters. The standard InChI is InChI=1S/C26H26N2O4/c29-25(24-12-7-17-28(24)26(30)32-19-21-10-5-2-6-11-21)27-22-13-15-23(16-14-22)31-18-20-8-3-1-4-9-20/h1-6,8-11,13-16,24H,7,12,17-19H2,(H,27,29). The Morgan fingerprint density at radius 3 is 2.12 bits per heavy atom. The summed E-state index contributed by atoms with van der Waals surface area (Å²) >= 11 is 0. The molecule has 0 radical (unpaired) electrons. The Hall–Kier alpha value is -3.80. The van der Waals surface area contributed by atoms with Crippen LogP contribution in [0.25, 0.3) is 0 Å². The number of hydrogen-bond donors (Lipinski definition) is 1. The highest BCUT2D eigenvalue weighted by molar-refractivity contribution is 5.96. The van der Waals surface area contributed by atoms with Crippen LogP contribution in [0.2, 0.25) is 0 Å². The summed E-state index contributed by atoms with van der Waals surface area (Å²) in [5.74, 6) is 0.510. The van der Waals surface area contributed by atoms with Crippen LogP contribution in [0.1, 0.15) is 24.0 Å². The lowest BCUT2D eigenvalue weighted by Gasteiger charge is -2.23. The molecule has 32 heavy (non-hydrogen) atoms. The Morgan fingerprint density at radius 2 is 1.47 bits per heavy atom. The third kappa shape index (κ3) is 5.66. The minimum atomic E-state index is -0.535. The Morgan fingerprint density at radius 1 is 0.844 bits per heavy atom. The van der Waals surface area contributed by atoms with E-state index in [-0.39, 0.29) is 12.5 Å². The molecule has 3 aromatic carbocycles. The largest absolute Gasteiger partial charge is 0.489 e. The molecule has 1 heterocycles. The minimum absolute atomic E-state index is 0.189. The van der Waals surface area contributed by atoms with Crippen LogP contribution in [-0.2, 0) is 22.7 Å². The Kier molecular flexibility index (Phi) is 7.02. The topological polar surface area (TPSA) is 67.9 Å². The van der Waals surface area contributed by atoms with Crippen LogP contribution in [0.4, 0.5) is 10.5 Å². The summed E-state index contributed by atoms with van der Waals surface area (Å²) in [5, 5.41) is 2.90. The average Bonchev–Trinajstić information content (AvgIpc) is 3.34. The number of carbonyl (C=O) groups is 2. The molecule has 0 saturated carbocycles. The minimum Gasteiger partial charge on any atom is -0.489 e. The van der Waals surface area contributed by atoms with Crippen molar-refractivity contribution in [1.29, 1.82) is 0 Å². The van der Waals surface area contributed by atoms with E-state index in [0.717, 1.165) is 23.3 Å². The fourth-order valence-electron chi connectivity index (χ4n) is 3.66. The first kappa shape index (κ1) is 21.4. The van der Waals surface area contributed by atoms with Crippen LogP contribution in [0.5, 0.6) is 5.75 Å². The summed E-state index contributed by atoms with van der Waals surface area (Å²) in [7, 11) is 0. The fraction of sp³-hybridized carbons (Fsp3) is 0.231. The van der Waals surface area contributed by atoms with E-state index >= 15 is 0 Å². The molecule has 0 spiro atoms. The molecule has 4 rings (SSSR count). The van der Waals surface area contributed by atoms with E-state index in [2.05, 4.69) is 5.32 Å². The summed E-state index contributed by atoms with van der Waals surface area (Å²) in [6, 6.07) is 26.1. The van der Waals surface area contributed by atoms with Gasteiger partial charge in [0.05, 0.1) is 0 Å². The van der Waals surface area contributed by atoms with Crippen molar-refractivity contribution < 1.29 is 19.1 Å². The maximum absolute atomic E-state index is 12.8. The van der Waals surface area contributed by atoms with Crippen LogP contribution in [0, 0.1) is 0 Å². The van der Waals surface area contributed by atoms with Crippen molar-refractivity contribution in [2.45, 2.75) is 32.1 Å². The zero-order chi connectivity index (χ0) is 22.2. The van der Waals surface area contributed by atoms with Crippen molar-refractivity contribution in [3.63, 3.8) is 0 Å². The van der Waals surface area contributed by atoms with Gasteiger partial charge in [0.1, 0.15) is 25.0 Å². The molecule has 2 amide bonds. The average molecular weight is 431 g/mol. The molecule has 6 nitrogen and oxygen atoms in total. The molecule has 3 aromatic rings. The molecule has 1 aliphatic heterocycles. The zero-order valence-electron chi connectivity index (χ0n) is 17.8. The summed E-state index contributed by atoms with van der Waals surface area (Å²) in [5.41, 5.74) is 2.66. The maximum Gasteiger partial charge on any atom is 0.410 e. The van der Waals surface area contributed by atoms with Crippen molar-refractivity contribution in [3.8, 4) is 5.75 Å². The normalized spacial score (nSPS) is 15.2. The van der Waals surface area contributed by atoms with Crippen LogP contribution in [0.15, 0.2) is 84.9 Å². The molecule has 1 aliphatic rings. The molecular formula is C26H26N2O4. The number of likely N-dealkylation sites (tertiary alicyclic amines) is 1. The van der Waals surface area contributed by atoms with Crippen molar-refractivity contribution in [2.24, 2.45) is 0 Å². The predicted octanol–water partition coefficient (Wildman–Crippen LogP) is 5.01. The predicted molar refractivity (Wildman–Crippen MR) is 122 cm³/mol. The van der Waals surface area contributed by atoms with E-state index in [1.54, 1.807) is 12.1 Å². The highest BCUT2D eigenvalue weighted by Gasteiger charge is 2.35. The number of ether oxygens (including phenoxy) is 2. The van der Waals surface area contributed by atoms with E-state index in [0.29, 0.717) is 25.3 Å². The second-order valence-corrected chi connectivity index (χ2v) is 7.68. The van der Waals surface area contributed by atoms with Gasteiger partial charge in [0, 0.05) is 12.2 Å². The van der Waals surface area contributed by atoms with Crippen molar-refractivity contribution in [2.75, 3.05) is 11.9 Å². The highest BCUT2D eigenvalue weighted by atomic mass is 16.6. The van der Waals surface area contributed by atoms with Crippen LogP contribution < -0.4 is 10.1 Å². The van der Waals surface area contributed by atoms with E-state index in [1.165, 1.54) is 4.90 Å². The number of benzene rings is 3. The van der Waals surface area contributed by atoms with Crippen LogP contribution in [-0.4, -0.2) is 29.5 Å². The summed E-state index contributed by atoms with van der Waals surface area (Å²) in [4.78, 5) is 26.8. The van der Waals surface area contributed by atoms with Crippen molar-refractivity contribution in [1.82, 2.24) is 4.90 Å². The zero-order valence-corrected chi connectivity index (χ0v) is 17.8. The van der Waals surface area contributed by atoms with Gasteiger partial charge in [-0.15, -0.1) is 0 Å². The first-order chi connectivity index (χ1) is 15.7. The van der Waals surface area contributed by atoms with Gasteiger partial charge >= 0.3 is 6.09 Å². The quantitative estimate of drug-likeness (QED) is 0.572. The Bertz CT molecular complexity index is 1020. The number of carbonyl (C=O) groups excluding carboxylic acids is 2. The molecular weight excluding hydrogens is 404 g/mol. The fourth-order valence-corrected chi connectivity index (χ4v) is 3.66. The van der Waals surface area contributed by atoms with Gasteiger partial charge in [-0.05, 0) is 48.2 Å². The first-order valence-electron chi connectivity index (χ1n) is 10.7. The lowest BCUT2D eigenvalue weighted by molar-refractivity contribution is -0.120. The molecule has 6 heteroatoms. The summed E-state index contributed by atoms with van der Waals surface area (Å²) in [6.45, 7) is 1.18. The van der Waals surface area contributed by atoms with E-state index in [1.807, 2.05) is 72.8 Å². The van der Waals surface area contributed by atoms with Gasteiger partial charge in [0.2, 0.25) is 5.91 Å². The molecule has 1 N–H and O–H groups in total. The number of nitrogens with zero attached hydrogens (tertiary/aromatic N) is 1. The number of hydrogen-bond acceptors (Lipinski definition) is 4. The third-order valence-electron chi connectivity index (χ3n) is 5.37.